The summed E-state index contributed by atoms with van der Waals surface area (Å²) in [5.74, 6) is -0.587. The van der Waals surface area contributed by atoms with Crippen molar-refractivity contribution in [3.8, 4) is 11.8 Å². The first-order valence-corrected chi connectivity index (χ1v) is 6.65. The van der Waals surface area contributed by atoms with Gasteiger partial charge in [-0.1, -0.05) is 6.07 Å². The second-order valence-electron chi connectivity index (χ2n) is 3.77. The van der Waals surface area contributed by atoms with Crippen LogP contribution in [0.3, 0.4) is 0 Å². The van der Waals surface area contributed by atoms with Gasteiger partial charge in [-0.3, -0.25) is 4.79 Å². The minimum Gasteiger partial charge on any atom is -0.495 e. The number of methoxy groups -OCH3 is 1. The molecule has 1 rings (SSSR count). The number of halogens is 3. The van der Waals surface area contributed by atoms with Crippen molar-refractivity contribution in [1.82, 2.24) is 0 Å². The van der Waals surface area contributed by atoms with Crippen LogP contribution in [0, 0.1) is 11.3 Å². The maximum absolute atomic E-state index is 12.4. The molecule has 114 valence electrons. The number of carbonyl (C=O) groups excluding carboxylic acids is 1. The predicted octanol–water partition coefficient (Wildman–Crippen LogP) is 3.28. The lowest BCUT2D eigenvalue weighted by Crippen LogP contribution is -2.10. The minimum absolute atomic E-state index is 0.0418. The maximum atomic E-state index is 12.4. The van der Waals surface area contributed by atoms with Gasteiger partial charge in [0.25, 0.3) is 0 Å². The molecule has 0 aliphatic heterocycles. The van der Waals surface area contributed by atoms with Gasteiger partial charge in [0, 0.05) is 10.5 Å². The molecule has 0 bridgehead atoms. The van der Waals surface area contributed by atoms with Crippen molar-refractivity contribution in [3.63, 3.8) is 0 Å². The van der Waals surface area contributed by atoms with E-state index in [9.17, 15) is 18.0 Å². The van der Waals surface area contributed by atoms with Gasteiger partial charge >= 0.3 is 11.5 Å². The van der Waals surface area contributed by atoms with E-state index in [-0.39, 0.29) is 29.2 Å². The first-order valence-electron chi connectivity index (χ1n) is 5.83. The largest absolute Gasteiger partial charge is 0.495 e. The Bertz CT molecular complexity index is 567. The summed E-state index contributed by atoms with van der Waals surface area (Å²) in [6.45, 7) is 1.83. The number of thioether (sulfide) groups is 1. The van der Waals surface area contributed by atoms with Gasteiger partial charge in [0.05, 0.1) is 20.1 Å². The van der Waals surface area contributed by atoms with Gasteiger partial charge in [0.2, 0.25) is 0 Å². The zero-order valence-electron chi connectivity index (χ0n) is 11.3. The molecule has 0 unspecified atom stereocenters. The molecule has 8 heteroatoms. The number of carbonyl (C=O) groups is 1. The Morgan fingerprint density at radius 3 is 2.57 bits per heavy atom. The van der Waals surface area contributed by atoms with E-state index in [1.165, 1.54) is 13.2 Å². The van der Waals surface area contributed by atoms with Gasteiger partial charge in [-0.15, -0.1) is 0 Å². The van der Waals surface area contributed by atoms with Crippen LogP contribution in [0.15, 0.2) is 17.0 Å². The molecule has 0 aliphatic carbocycles. The van der Waals surface area contributed by atoms with Crippen molar-refractivity contribution in [2.75, 3.05) is 13.7 Å². The summed E-state index contributed by atoms with van der Waals surface area (Å²) in [5.41, 5.74) is -4.46. The number of nitrogens with zero attached hydrogens (tertiary/aromatic N) is 1. The Labute approximate surface area is 123 Å². The summed E-state index contributed by atoms with van der Waals surface area (Å²) < 4.78 is 47.1. The molecule has 1 aromatic carbocycles. The SMILES string of the molecule is CCOC(=O)Cc1ccc(SC(F)(F)F)c(C#N)c1OC. The van der Waals surface area contributed by atoms with E-state index in [0.717, 1.165) is 6.07 Å². The first kappa shape index (κ1) is 17.2. The lowest BCUT2D eigenvalue weighted by molar-refractivity contribution is -0.142. The van der Waals surface area contributed by atoms with E-state index in [0.29, 0.717) is 5.56 Å². The Morgan fingerprint density at radius 2 is 2.10 bits per heavy atom. The fourth-order valence-electron chi connectivity index (χ4n) is 1.66. The molecule has 21 heavy (non-hydrogen) atoms. The maximum Gasteiger partial charge on any atom is 0.446 e. The molecule has 0 aromatic heterocycles. The van der Waals surface area contributed by atoms with Crippen molar-refractivity contribution < 1.29 is 27.4 Å². The van der Waals surface area contributed by atoms with Gasteiger partial charge in [-0.2, -0.15) is 18.4 Å². The van der Waals surface area contributed by atoms with Crippen molar-refractivity contribution in [2.24, 2.45) is 0 Å². The fourth-order valence-corrected chi connectivity index (χ4v) is 2.29. The highest BCUT2D eigenvalue weighted by molar-refractivity contribution is 8.00. The number of nitriles is 1. The summed E-state index contributed by atoms with van der Waals surface area (Å²) in [6.07, 6.45) is -0.178. The lowest BCUT2D eigenvalue weighted by atomic mass is 10.1. The molecule has 1 aromatic rings. The zero-order chi connectivity index (χ0) is 16.0. The molecular weight excluding hydrogens is 307 g/mol. The van der Waals surface area contributed by atoms with E-state index in [2.05, 4.69) is 0 Å². The Balaban J connectivity index is 3.20. The smallest absolute Gasteiger partial charge is 0.446 e. The molecule has 0 radical (unpaired) electrons. The summed E-state index contributed by atoms with van der Waals surface area (Å²) in [5, 5.41) is 9.06. The van der Waals surface area contributed by atoms with Crippen molar-refractivity contribution >= 4 is 17.7 Å². The van der Waals surface area contributed by atoms with Crippen LogP contribution in [0.1, 0.15) is 18.1 Å². The third kappa shape index (κ3) is 4.86. The lowest BCUT2D eigenvalue weighted by Gasteiger charge is -2.14. The van der Waals surface area contributed by atoms with Crippen LogP contribution < -0.4 is 4.74 Å². The van der Waals surface area contributed by atoms with Gasteiger partial charge in [-0.05, 0) is 24.8 Å². The second-order valence-corrected chi connectivity index (χ2v) is 4.88. The van der Waals surface area contributed by atoms with Crippen LogP contribution in [0.2, 0.25) is 0 Å². The van der Waals surface area contributed by atoms with Gasteiger partial charge in [0.15, 0.2) is 0 Å². The zero-order valence-corrected chi connectivity index (χ0v) is 12.1. The number of hydrogen-bond donors (Lipinski definition) is 0. The number of rotatable bonds is 5. The predicted molar refractivity (Wildman–Crippen MR) is 70.0 cm³/mol. The summed E-state index contributed by atoms with van der Waals surface area (Å²) in [7, 11) is 1.23. The Kier molecular flexibility index (Phi) is 5.90. The van der Waals surface area contributed by atoms with Crippen LogP contribution in [0.5, 0.6) is 5.75 Å². The van der Waals surface area contributed by atoms with Gasteiger partial charge < -0.3 is 9.47 Å². The van der Waals surface area contributed by atoms with Gasteiger partial charge in [-0.25, -0.2) is 0 Å². The summed E-state index contributed by atoms with van der Waals surface area (Å²) >= 11 is -0.399. The number of hydrogen-bond acceptors (Lipinski definition) is 5. The Morgan fingerprint density at radius 1 is 1.43 bits per heavy atom. The monoisotopic (exact) mass is 319 g/mol. The molecule has 0 atom stereocenters. The highest BCUT2D eigenvalue weighted by Crippen LogP contribution is 2.41. The second kappa shape index (κ2) is 7.22. The fraction of sp³-hybridized carbons (Fsp3) is 0.385. The third-order valence-electron chi connectivity index (χ3n) is 2.38. The molecule has 0 N–H and O–H groups in total. The summed E-state index contributed by atoms with van der Waals surface area (Å²) in [4.78, 5) is 11.2. The van der Waals surface area contributed by atoms with E-state index in [1.54, 1.807) is 13.0 Å². The first-order chi connectivity index (χ1) is 9.82. The van der Waals surface area contributed by atoms with Crippen molar-refractivity contribution in [3.05, 3.63) is 23.3 Å². The van der Waals surface area contributed by atoms with Crippen LogP contribution in [0.25, 0.3) is 0 Å². The standard InChI is InChI=1S/C13H12F3NO3S/c1-3-20-11(18)6-8-4-5-10(21-13(14,15)16)9(7-17)12(8)19-2/h4-5H,3,6H2,1-2H3. The van der Waals surface area contributed by atoms with Crippen LogP contribution in [-0.4, -0.2) is 25.2 Å². The Hall–Kier alpha value is -1.88. The van der Waals surface area contributed by atoms with Crippen molar-refractivity contribution in [2.45, 2.75) is 23.7 Å². The van der Waals surface area contributed by atoms with Crippen LogP contribution in [-0.2, 0) is 16.0 Å². The normalized spacial score (nSPS) is 10.9. The molecule has 0 fully saturated rings. The molecule has 0 saturated carbocycles. The highest BCUT2D eigenvalue weighted by Gasteiger charge is 2.31. The van der Waals surface area contributed by atoms with E-state index >= 15 is 0 Å². The molecule has 4 nitrogen and oxygen atoms in total. The molecule has 0 aliphatic rings. The number of alkyl halides is 3. The van der Waals surface area contributed by atoms with Crippen molar-refractivity contribution in [1.29, 1.82) is 5.26 Å². The van der Waals surface area contributed by atoms with E-state index < -0.39 is 23.2 Å². The van der Waals surface area contributed by atoms with E-state index in [4.69, 9.17) is 14.7 Å². The quantitative estimate of drug-likeness (QED) is 0.616. The van der Waals surface area contributed by atoms with Crippen LogP contribution in [0.4, 0.5) is 13.2 Å². The van der Waals surface area contributed by atoms with E-state index in [1.807, 2.05) is 0 Å². The third-order valence-corrected chi connectivity index (χ3v) is 3.17. The molecule has 0 spiro atoms. The number of esters is 1. The number of benzene rings is 1. The number of ether oxygens (including phenoxy) is 2. The van der Waals surface area contributed by atoms with Crippen LogP contribution >= 0.6 is 11.8 Å². The highest BCUT2D eigenvalue weighted by atomic mass is 32.2. The topological polar surface area (TPSA) is 59.3 Å². The van der Waals surface area contributed by atoms with Gasteiger partial charge in [0.1, 0.15) is 17.4 Å². The molecule has 0 amide bonds. The average Bonchev–Trinajstić information content (AvgIpc) is 2.38. The average molecular weight is 319 g/mol. The molecule has 0 saturated heterocycles. The summed E-state index contributed by atoms with van der Waals surface area (Å²) in [6, 6.07) is 4.16. The minimum atomic E-state index is -4.51. The molecular formula is C13H12F3NO3S. The molecule has 0 heterocycles.